The van der Waals surface area contributed by atoms with Crippen LogP contribution in [-0.4, -0.2) is 35.6 Å². The first kappa shape index (κ1) is 12.8. The molecule has 0 spiro atoms. The number of nitrogen functional groups attached to an aromatic ring is 1. The van der Waals surface area contributed by atoms with Crippen LogP contribution < -0.4 is 11.1 Å². The van der Waals surface area contributed by atoms with Crippen molar-refractivity contribution in [1.29, 1.82) is 0 Å². The first-order valence-corrected chi connectivity index (χ1v) is 5.86. The van der Waals surface area contributed by atoms with Crippen molar-refractivity contribution in [2.75, 3.05) is 30.7 Å². The van der Waals surface area contributed by atoms with Crippen LogP contribution in [0.4, 0.5) is 11.5 Å². The highest BCUT2D eigenvalue weighted by atomic mass is 15.1. The second-order valence-electron chi connectivity index (χ2n) is 4.01. The molecule has 16 heavy (non-hydrogen) atoms. The Labute approximate surface area is 97.9 Å². The van der Waals surface area contributed by atoms with E-state index in [0.29, 0.717) is 6.04 Å². The number of nitrogens with two attached hydrogens (primary N) is 1. The van der Waals surface area contributed by atoms with Crippen molar-refractivity contribution < 1.29 is 0 Å². The van der Waals surface area contributed by atoms with E-state index in [1.54, 1.807) is 12.3 Å². The minimum absolute atomic E-state index is 0.370. The zero-order valence-electron chi connectivity index (χ0n) is 10.4. The lowest BCUT2D eigenvalue weighted by molar-refractivity contribution is 0.294. The van der Waals surface area contributed by atoms with Gasteiger partial charge in [-0.2, -0.15) is 0 Å². The first-order valence-electron chi connectivity index (χ1n) is 5.86. The predicted molar refractivity (Wildman–Crippen MR) is 69.5 cm³/mol. The quantitative estimate of drug-likeness (QED) is 0.770. The number of hydrogen-bond acceptors (Lipinski definition) is 4. The number of rotatable bonds is 6. The lowest BCUT2D eigenvalue weighted by Crippen LogP contribution is -2.34. The second kappa shape index (κ2) is 6.33. The van der Waals surface area contributed by atoms with Gasteiger partial charge in [-0.25, -0.2) is 4.98 Å². The van der Waals surface area contributed by atoms with Crippen LogP contribution in [0.5, 0.6) is 0 Å². The van der Waals surface area contributed by atoms with Crippen molar-refractivity contribution in [1.82, 2.24) is 9.88 Å². The Morgan fingerprint density at radius 3 is 2.69 bits per heavy atom. The standard InChI is InChI=1S/C12H22N4/c1-4-16(5-2)9-10(3)15-12-8-11(13)6-7-14-12/h6-8,10H,4-5,9H2,1-3H3,(H3,13,14,15). The summed E-state index contributed by atoms with van der Waals surface area (Å²) in [6.07, 6.45) is 1.72. The third-order valence-corrected chi connectivity index (χ3v) is 2.60. The van der Waals surface area contributed by atoms with Gasteiger partial charge in [0.15, 0.2) is 0 Å². The number of anilines is 2. The summed E-state index contributed by atoms with van der Waals surface area (Å²) in [5, 5.41) is 3.35. The fourth-order valence-corrected chi connectivity index (χ4v) is 1.69. The van der Waals surface area contributed by atoms with Crippen LogP contribution in [0.15, 0.2) is 18.3 Å². The number of nitrogens with one attached hydrogen (secondary N) is 1. The van der Waals surface area contributed by atoms with Gasteiger partial charge >= 0.3 is 0 Å². The second-order valence-corrected chi connectivity index (χ2v) is 4.01. The fourth-order valence-electron chi connectivity index (χ4n) is 1.69. The average molecular weight is 222 g/mol. The Balaban J connectivity index is 2.47. The van der Waals surface area contributed by atoms with Gasteiger partial charge in [0.05, 0.1) is 0 Å². The molecule has 1 rings (SSSR count). The van der Waals surface area contributed by atoms with E-state index in [4.69, 9.17) is 5.73 Å². The predicted octanol–water partition coefficient (Wildman–Crippen LogP) is 1.81. The molecule has 0 radical (unpaired) electrons. The summed E-state index contributed by atoms with van der Waals surface area (Å²) in [6, 6.07) is 4.02. The molecule has 1 heterocycles. The van der Waals surface area contributed by atoms with Crippen LogP contribution in [0.3, 0.4) is 0 Å². The van der Waals surface area contributed by atoms with Crippen molar-refractivity contribution in [2.24, 2.45) is 0 Å². The highest BCUT2D eigenvalue weighted by Gasteiger charge is 2.07. The molecule has 0 aliphatic rings. The van der Waals surface area contributed by atoms with E-state index in [-0.39, 0.29) is 0 Å². The molecule has 0 bridgehead atoms. The maximum Gasteiger partial charge on any atom is 0.128 e. The normalized spacial score (nSPS) is 12.8. The van der Waals surface area contributed by atoms with E-state index in [1.807, 2.05) is 6.07 Å². The van der Waals surface area contributed by atoms with Gasteiger partial charge in [0.25, 0.3) is 0 Å². The molecule has 3 N–H and O–H groups in total. The summed E-state index contributed by atoms with van der Waals surface area (Å²) in [4.78, 5) is 6.61. The van der Waals surface area contributed by atoms with Gasteiger partial charge in [0, 0.05) is 30.5 Å². The van der Waals surface area contributed by atoms with E-state index in [0.717, 1.165) is 31.1 Å². The molecule has 4 nitrogen and oxygen atoms in total. The van der Waals surface area contributed by atoms with E-state index >= 15 is 0 Å². The molecule has 1 aromatic rings. The summed E-state index contributed by atoms with van der Waals surface area (Å²) in [7, 11) is 0. The van der Waals surface area contributed by atoms with Crippen LogP contribution in [-0.2, 0) is 0 Å². The highest BCUT2D eigenvalue weighted by Crippen LogP contribution is 2.09. The van der Waals surface area contributed by atoms with Crippen LogP contribution in [0, 0.1) is 0 Å². The van der Waals surface area contributed by atoms with E-state index < -0.39 is 0 Å². The number of likely N-dealkylation sites (N-methyl/N-ethyl adjacent to an activating group) is 1. The van der Waals surface area contributed by atoms with E-state index in [9.17, 15) is 0 Å². The Kier molecular flexibility index (Phi) is 5.05. The molecule has 1 atom stereocenters. The smallest absolute Gasteiger partial charge is 0.128 e. The molecule has 90 valence electrons. The molecular weight excluding hydrogens is 200 g/mol. The lowest BCUT2D eigenvalue weighted by Gasteiger charge is -2.23. The summed E-state index contributed by atoms with van der Waals surface area (Å²) >= 11 is 0. The SMILES string of the molecule is CCN(CC)CC(C)Nc1cc(N)ccn1. The number of nitrogens with zero attached hydrogens (tertiary/aromatic N) is 2. The topological polar surface area (TPSA) is 54.2 Å². The van der Waals surface area contributed by atoms with Crippen molar-refractivity contribution in [2.45, 2.75) is 26.8 Å². The number of aromatic nitrogens is 1. The monoisotopic (exact) mass is 222 g/mol. The largest absolute Gasteiger partial charge is 0.399 e. The zero-order chi connectivity index (χ0) is 12.0. The van der Waals surface area contributed by atoms with Crippen LogP contribution in [0.2, 0.25) is 0 Å². The van der Waals surface area contributed by atoms with Crippen molar-refractivity contribution >= 4 is 11.5 Å². The van der Waals surface area contributed by atoms with Gasteiger partial charge in [0.1, 0.15) is 5.82 Å². The minimum Gasteiger partial charge on any atom is -0.399 e. The maximum atomic E-state index is 5.70. The molecule has 4 heteroatoms. The number of hydrogen-bond donors (Lipinski definition) is 2. The molecule has 0 aromatic carbocycles. The summed E-state index contributed by atoms with van der Waals surface area (Å²) < 4.78 is 0. The first-order chi connectivity index (χ1) is 7.65. The molecule has 0 aliphatic carbocycles. The average Bonchev–Trinajstić information content (AvgIpc) is 2.26. The molecule has 0 aliphatic heterocycles. The Bertz CT molecular complexity index is 310. The van der Waals surface area contributed by atoms with Crippen molar-refractivity contribution in [3.05, 3.63) is 18.3 Å². The molecule has 0 fully saturated rings. The Hall–Kier alpha value is -1.29. The lowest BCUT2D eigenvalue weighted by atomic mass is 10.3. The van der Waals surface area contributed by atoms with Crippen molar-refractivity contribution in [3.8, 4) is 0 Å². The number of pyridine rings is 1. The van der Waals surface area contributed by atoms with Gasteiger partial charge in [-0.3, -0.25) is 0 Å². The van der Waals surface area contributed by atoms with Gasteiger partial charge in [-0.1, -0.05) is 13.8 Å². The van der Waals surface area contributed by atoms with Crippen molar-refractivity contribution in [3.63, 3.8) is 0 Å². The van der Waals surface area contributed by atoms with Gasteiger partial charge in [-0.15, -0.1) is 0 Å². The van der Waals surface area contributed by atoms with Gasteiger partial charge < -0.3 is 16.0 Å². The van der Waals surface area contributed by atoms with Crippen LogP contribution >= 0.6 is 0 Å². The minimum atomic E-state index is 0.370. The summed E-state index contributed by atoms with van der Waals surface area (Å²) in [5.41, 5.74) is 6.44. The molecule has 0 saturated heterocycles. The van der Waals surface area contributed by atoms with Crippen LogP contribution in [0.25, 0.3) is 0 Å². The molecule has 1 aromatic heterocycles. The molecular formula is C12H22N4. The van der Waals surface area contributed by atoms with Gasteiger partial charge in [0.2, 0.25) is 0 Å². The molecule has 0 amide bonds. The fraction of sp³-hybridized carbons (Fsp3) is 0.583. The van der Waals surface area contributed by atoms with E-state index in [2.05, 4.69) is 36.0 Å². The molecule has 0 saturated carbocycles. The Morgan fingerprint density at radius 1 is 1.44 bits per heavy atom. The third kappa shape index (κ3) is 4.06. The third-order valence-electron chi connectivity index (χ3n) is 2.60. The summed E-state index contributed by atoms with van der Waals surface area (Å²) in [6.45, 7) is 9.68. The highest BCUT2D eigenvalue weighted by molar-refractivity contribution is 5.48. The van der Waals surface area contributed by atoms with Crippen LogP contribution in [0.1, 0.15) is 20.8 Å². The van der Waals surface area contributed by atoms with Gasteiger partial charge in [-0.05, 0) is 26.1 Å². The molecule has 1 unspecified atom stereocenters. The Morgan fingerprint density at radius 2 is 2.12 bits per heavy atom. The zero-order valence-corrected chi connectivity index (χ0v) is 10.4. The summed E-state index contributed by atoms with van der Waals surface area (Å²) in [5.74, 6) is 0.847. The van der Waals surface area contributed by atoms with E-state index in [1.165, 1.54) is 0 Å². The maximum absolute atomic E-state index is 5.70.